The maximum Gasteiger partial charge on any atom is 0.226 e. The molecule has 7 nitrogen and oxygen atoms in total. The predicted molar refractivity (Wildman–Crippen MR) is 86.8 cm³/mol. The highest BCUT2D eigenvalue weighted by Gasteiger charge is 2.23. The van der Waals surface area contributed by atoms with E-state index in [0.29, 0.717) is 11.4 Å². The predicted octanol–water partition coefficient (Wildman–Crippen LogP) is 1.80. The number of hydrogen-bond acceptors (Lipinski definition) is 6. The van der Waals surface area contributed by atoms with Crippen LogP contribution in [-0.2, 0) is 23.6 Å². The first-order valence-electron chi connectivity index (χ1n) is 7.77. The molecule has 24 heavy (non-hydrogen) atoms. The second kappa shape index (κ2) is 6.90. The standard InChI is InChI=1S/C16H16N6OS/c1-24(23)16-21-19-10-22(16)15-13(9-18)12(8-17)11-6-4-2-3-5-7-14(11)20-15/h10H,2-7H2,1H3. The zero-order chi connectivity index (χ0) is 17.1. The van der Waals surface area contributed by atoms with Crippen molar-refractivity contribution in [3.05, 3.63) is 28.7 Å². The molecular weight excluding hydrogens is 324 g/mol. The van der Waals surface area contributed by atoms with Crippen LogP contribution in [0, 0.1) is 22.7 Å². The monoisotopic (exact) mass is 340 g/mol. The summed E-state index contributed by atoms with van der Waals surface area (Å²) in [5.41, 5.74) is 2.30. The average molecular weight is 340 g/mol. The van der Waals surface area contributed by atoms with E-state index in [1.807, 2.05) is 0 Å². The van der Waals surface area contributed by atoms with E-state index in [-0.39, 0.29) is 10.7 Å². The Labute approximate surface area is 142 Å². The summed E-state index contributed by atoms with van der Waals surface area (Å²) in [6, 6.07) is 4.28. The summed E-state index contributed by atoms with van der Waals surface area (Å²) in [5.74, 6) is 0.295. The zero-order valence-electron chi connectivity index (χ0n) is 13.3. The van der Waals surface area contributed by atoms with Crippen LogP contribution in [0.3, 0.4) is 0 Å². The second-order valence-electron chi connectivity index (χ2n) is 5.69. The quantitative estimate of drug-likeness (QED) is 0.825. The van der Waals surface area contributed by atoms with Gasteiger partial charge in [-0.3, -0.25) is 8.78 Å². The van der Waals surface area contributed by atoms with E-state index in [0.717, 1.165) is 49.8 Å². The van der Waals surface area contributed by atoms with Gasteiger partial charge >= 0.3 is 0 Å². The number of pyridine rings is 1. The molecule has 0 saturated heterocycles. The van der Waals surface area contributed by atoms with E-state index in [2.05, 4.69) is 27.3 Å². The molecule has 0 fully saturated rings. The lowest BCUT2D eigenvalue weighted by atomic mass is 9.91. The lowest BCUT2D eigenvalue weighted by Crippen LogP contribution is -2.14. The van der Waals surface area contributed by atoms with Crippen LogP contribution in [0.2, 0.25) is 0 Å². The lowest BCUT2D eigenvalue weighted by molar-refractivity contribution is 0.606. The summed E-state index contributed by atoms with van der Waals surface area (Å²) in [6.07, 6.45) is 8.66. The minimum Gasteiger partial charge on any atom is -0.257 e. The van der Waals surface area contributed by atoms with Crippen LogP contribution in [0.1, 0.15) is 48.1 Å². The molecule has 0 saturated carbocycles. The van der Waals surface area contributed by atoms with Crippen molar-refractivity contribution in [3.8, 4) is 18.0 Å². The van der Waals surface area contributed by atoms with Crippen LogP contribution in [0.25, 0.3) is 5.82 Å². The van der Waals surface area contributed by atoms with Gasteiger partial charge in [0.15, 0.2) is 5.82 Å². The second-order valence-corrected chi connectivity index (χ2v) is 6.96. The van der Waals surface area contributed by atoms with E-state index in [1.54, 1.807) is 0 Å². The summed E-state index contributed by atoms with van der Waals surface area (Å²) in [5, 5.41) is 27.1. The zero-order valence-corrected chi connectivity index (χ0v) is 14.1. The van der Waals surface area contributed by atoms with Crippen molar-refractivity contribution in [1.29, 1.82) is 10.5 Å². The van der Waals surface area contributed by atoms with E-state index >= 15 is 0 Å². The fraction of sp³-hybridized carbons (Fsp3) is 0.438. The first-order chi connectivity index (χ1) is 11.7. The molecule has 2 aromatic rings. The minimum atomic E-state index is -1.38. The SMILES string of the molecule is CS(=O)c1nncn1-c1nc2c(c(C#N)c1C#N)CCCCCC2. The van der Waals surface area contributed by atoms with Crippen molar-refractivity contribution < 1.29 is 4.21 Å². The molecule has 8 heteroatoms. The van der Waals surface area contributed by atoms with Crippen molar-refractivity contribution >= 4 is 10.8 Å². The Balaban J connectivity index is 2.29. The summed E-state index contributed by atoms with van der Waals surface area (Å²) < 4.78 is 13.3. The van der Waals surface area contributed by atoms with Gasteiger partial charge in [-0.15, -0.1) is 10.2 Å². The smallest absolute Gasteiger partial charge is 0.226 e. The summed E-state index contributed by atoms with van der Waals surface area (Å²) in [7, 11) is -1.38. The third-order valence-corrected chi connectivity index (χ3v) is 4.97. The Kier molecular flexibility index (Phi) is 4.68. The average Bonchev–Trinajstić information content (AvgIpc) is 3.03. The fourth-order valence-corrected chi connectivity index (χ4v) is 3.62. The van der Waals surface area contributed by atoms with E-state index in [4.69, 9.17) is 0 Å². The minimum absolute atomic E-state index is 0.198. The number of fused-ring (bicyclic) bond motifs is 1. The molecule has 1 aliphatic rings. The van der Waals surface area contributed by atoms with Gasteiger partial charge in [0.25, 0.3) is 0 Å². The third-order valence-electron chi connectivity index (χ3n) is 4.18. The Bertz CT molecular complexity index is 889. The van der Waals surface area contributed by atoms with Crippen LogP contribution >= 0.6 is 0 Å². The van der Waals surface area contributed by atoms with Crippen LogP contribution in [0.15, 0.2) is 11.5 Å². The highest BCUT2D eigenvalue weighted by Crippen LogP contribution is 2.28. The van der Waals surface area contributed by atoms with Crippen molar-refractivity contribution in [2.75, 3.05) is 6.26 Å². The molecule has 2 aromatic heterocycles. The van der Waals surface area contributed by atoms with Gasteiger partial charge in [-0.2, -0.15) is 10.5 Å². The largest absolute Gasteiger partial charge is 0.257 e. The Hall–Kier alpha value is -2.58. The Morgan fingerprint density at radius 1 is 1.12 bits per heavy atom. The molecule has 0 spiro atoms. The molecule has 1 aliphatic carbocycles. The fourth-order valence-electron chi connectivity index (χ4n) is 3.05. The summed E-state index contributed by atoms with van der Waals surface area (Å²) in [6.45, 7) is 0. The number of nitrogens with zero attached hydrogens (tertiary/aromatic N) is 6. The van der Waals surface area contributed by atoms with Gasteiger partial charge in [0, 0.05) is 11.9 Å². The van der Waals surface area contributed by atoms with Crippen LogP contribution in [0.4, 0.5) is 0 Å². The Morgan fingerprint density at radius 3 is 2.50 bits per heavy atom. The molecule has 3 rings (SSSR count). The lowest BCUT2D eigenvalue weighted by Gasteiger charge is -2.17. The topological polar surface area (TPSA) is 108 Å². The van der Waals surface area contributed by atoms with Crippen molar-refractivity contribution in [2.24, 2.45) is 0 Å². The molecule has 122 valence electrons. The number of rotatable bonds is 2. The van der Waals surface area contributed by atoms with Crippen LogP contribution < -0.4 is 0 Å². The Morgan fingerprint density at radius 2 is 1.83 bits per heavy atom. The van der Waals surface area contributed by atoms with Crippen molar-refractivity contribution in [2.45, 2.75) is 43.7 Å². The highest BCUT2D eigenvalue weighted by molar-refractivity contribution is 7.84. The van der Waals surface area contributed by atoms with Gasteiger partial charge in [-0.25, -0.2) is 4.98 Å². The third kappa shape index (κ3) is 2.81. The number of aromatic nitrogens is 4. The van der Waals surface area contributed by atoms with Gasteiger partial charge in [0.1, 0.15) is 24.0 Å². The van der Waals surface area contributed by atoms with Gasteiger partial charge in [-0.1, -0.05) is 12.8 Å². The molecule has 2 heterocycles. The molecule has 1 unspecified atom stereocenters. The van der Waals surface area contributed by atoms with Crippen LogP contribution in [-0.4, -0.2) is 30.2 Å². The first kappa shape index (κ1) is 16.3. The molecule has 0 amide bonds. The van der Waals surface area contributed by atoms with Gasteiger partial charge in [-0.05, 0) is 31.2 Å². The van der Waals surface area contributed by atoms with E-state index in [1.165, 1.54) is 17.2 Å². The van der Waals surface area contributed by atoms with Crippen molar-refractivity contribution in [3.63, 3.8) is 0 Å². The highest BCUT2D eigenvalue weighted by atomic mass is 32.2. The van der Waals surface area contributed by atoms with Crippen LogP contribution in [0.5, 0.6) is 0 Å². The summed E-state index contributed by atoms with van der Waals surface area (Å²) in [4.78, 5) is 4.65. The molecule has 0 aliphatic heterocycles. The maximum absolute atomic E-state index is 11.9. The molecule has 0 N–H and O–H groups in total. The molecule has 0 bridgehead atoms. The first-order valence-corrected chi connectivity index (χ1v) is 9.33. The van der Waals surface area contributed by atoms with Gasteiger partial charge in [0.05, 0.1) is 16.4 Å². The van der Waals surface area contributed by atoms with E-state index < -0.39 is 10.8 Å². The number of aryl methyl sites for hydroxylation is 1. The maximum atomic E-state index is 11.9. The molecular formula is C16H16N6OS. The molecule has 0 radical (unpaired) electrons. The van der Waals surface area contributed by atoms with Gasteiger partial charge in [0.2, 0.25) is 5.16 Å². The van der Waals surface area contributed by atoms with Crippen molar-refractivity contribution in [1.82, 2.24) is 19.7 Å². The summed E-state index contributed by atoms with van der Waals surface area (Å²) >= 11 is 0. The molecule has 1 atom stereocenters. The molecule has 0 aromatic carbocycles. The van der Waals surface area contributed by atoms with E-state index in [9.17, 15) is 14.7 Å². The normalized spacial score (nSPS) is 15.5. The number of nitriles is 2. The number of hydrogen-bond donors (Lipinski definition) is 0. The van der Waals surface area contributed by atoms with Gasteiger partial charge < -0.3 is 0 Å².